The minimum atomic E-state index is -3.77. The molecule has 0 radical (unpaired) electrons. The summed E-state index contributed by atoms with van der Waals surface area (Å²) in [5, 5.41) is 4.62. The summed E-state index contributed by atoms with van der Waals surface area (Å²) < 4.78 is 34.3. The zero-order valence-corrected chi connectivity index (χ0v) is 18.9. The van der Waals surface area contributed by atoms with Crippen LogP contribution in [0.4, 0.5) is 5.69 Å². The third-order valence-electron chi connectivity index (χ3n) is 5.49. The standard InChI is InChI=1S/C23H19N3O5S2/c27-22(19-7-4-14-32-19)24-15-9-11-16(12-10-15)31-23(28)18-6-3-13-26(18)21-17-5-1-2-8-20(17)33(29,30)25-21/h1-2,4-5,7-12,14,18H,3,6,13H2,(H,24,27)/t18-/m0/s1. The number of nitrogens with zero attached hydrogens (tertiary/aromatic N) is 2. The van der Waals surface area contributed by atoms with Gasteiger partial charge in [0.2, 0.25) is 0 Å². The Morgan fingerprint density at radius 2 is 1.85 bits per heavy atom. The highest BCUT2D eigenvalue weighted by Crippen LogP contribution is 2.31. The van der Waals surface area contributed by atoms with E-state index in [1.54, 1.807) is 59.5 Å². The van der Waals surface area contributed by atoms with E-state index in [1.807, 2.05) is 5.38 Å². The quantitative estimate of drug-likeness (QED) is 0.452. The average molecular weight is 482 g/mol. The monoisotopic (exact) mass is 481 g/mol. The summed E-state index contributed by atoms with van der Waals surface area (Å²) in [4.78, 5) is 27.6. The number of hydrogen-bond acceptors (Lipinski definition) is 7. The maximum atomic E-state index is 12.9. The molecule has 0 saturated carbocycles. The predicted octanol–water partition coefficient (Wildman–Crippen LogP) is 3.52. The van der Waals surface area contributed by atoms with Crippen LogP contribution >= 0.6 is 11.3 Å². The van der Waals surface area contributed by atoms with Crippen molar-refractivity contribution >= 4 is 44.8 Å². The number of benzene rings is 2. The molecule has 8 nitrogen and oxygen atoms in total. The Labute approximate surface area is 194 Å². The molecule has 3 aromatic rings. The zero-order chi connectivity index (χ0) is 23.0. The summed E-state index contributed by atoms with van der Waals surface area (Å²) in [6, 6.07) is 16.0. The first-order chi connectivity index (χ1) is 15.9. The van der Waals surface area contributed by atoms with Crippen molar-refractivity contribution in [3.05, 3.63) is 76.5 Å². The van der Waals surface area contributed by atoms with Gasteiger partial charge in [0, 0.05) is 17.8 Å². The topological polar surface area (TPSA) is 105 Å². The van der Waals surface area contributed by atoms with Crippen molar-refractivity contribution < 1.29 is 22.7 Å². The second-order valence-electron chi connectivity index (χ2n) is 7.61. The number of thiophene rings is 1. The lowest BCUT2D eigenvalue weighted by Crippen LogP contribution is -2.42. The minimum absolute atomic E-state index is 0.152. The lowest BCUT2D eigenvalue weighted by atomic mass is 10.1. The van der Waals surface area contributed by atoms with Gasteiger partial charge in [0.15, 0.2) is 5.84 Å². The largest absolute Gasteiger partial charge is 0.425 e. The number of carbonyl (C=O) groups is 2. The molecule has 2 aromatic carbocycles. The number of carbonyl (C=O) groups excluding carboxylic acids is 2. The molecule has 1 amide bonds. The Balaban J connectivity index is 1.29. The molecule has 10 heteroatoms. The van der Waals surface area contributed by atoms with Gasteiger partial charge in [0.25, 0.3) is 15.9 Å². The summed E-state index contributed by atoms with van der Waals surface area (Å²) in [5.41, 5.74) is 1.08. The maximum absolute atomic E-state index is 12.9. The molecule has 2 aliphatic rings. The fourth-order valence-corrected chi connectivity index (χ4v) is 5.79. The molecule has 1 saturated heterocycles. The van der Waals surface area contributed by atoms with Crippen LogP contribution in [0.2, 0.25) is 0 Å². The van der Waals surface area contributed by atoms with Gasteiger partial charge in [-0.05, 0) is 60.7 Å². The number of hydrogen-bond donors (Lipinski definition) is 1. The van der Waals surface area contributed by atoms with E-state index in [0.717, 1.165) is 0 Å². The van der Waals surface area contributed by atoms with Crippen LogP contribution in [0.5, 0.6) is 5.75 Å². The molecule has 1 fully saturated rings. The number of ether oxygens (including phenoxy) is 1. The SMILES string of the molecule is O=C(Nc1ccc(OC(=O)[C@@H]2CCCN2C2=NS(=O)(=O)c3ccccc32)cc1)c1cccs1. The van der Waals surface area contributed by atoms with E-state index in [1.165, 1.54) is 17.4 Å². The Morgan fingerprint density at radius 3 is 2.61 bits per heavy atom. The molecule has 0 unspecified atom stereocenters. The van der Waals surface area contributed by atoms with Gasteiger partial charge in [-0.15, -0.1) is 15.7 Å². The zero-order valence-electron chi connectivity index (χ0n) is 17.3. The number of sulfonamides is 1. The second-order valence-corrected chi connectivity index (χ2v) is 10.1. The average Bonchev–Trinajstić information content (AvgIpc) is 3.55. The van der Waals surface area contributed by atoms with Gasteiger partial charge < -0.3 is 15.0 Å². The smallest absolute Gasteiger partial charge is 0.334 e. The number of fused-ring (bicyclic) bond motifs is 1. The maximum Gasteiger partial charge on any atom is 0.334 e. The fraction of sp³-hybridized carbons (Fsp3) is 0.174. The molecule has 1 aromatic heterocycles. The van der Waals surface area contributed by atoms with Gasteiger partial charge in [0.1, 0.15) is 16.7 Å². The highest BCUT2D eigenvalue weighted by Gasteiger charge is 2.40. The summed E-state index contributed by atoms with van der Waals surface area (Å²) >= 11 is 1.35. The predicted molar refractivity (Wildman–Crippen MR) is 124 cm³/mol. The number of nitrogens with one attached hydrogen (secondary N) is 1. The van der Waals surface area contributed by atoms with Gasteiger partial charge in [-0.25, -0.2) is 4.79 Å². The molecule has 1 N–H and O–H groups in total. The van der Waals surface area contributed by atoms with Crippen molar-refractivity contribution in [2.24, 2.45) is 4.40 Å². The van der Waals surface area contributed by atoms with Crippen LogP contribution in [0, 0.1) is 0 Å². The van der Waals surface area contributed by atoms with Gasteiger partial charge in [0.05, 0.1) is 4.88 Å². The van der Waals surface area contributed by atoms with Crippen LogP contribution in [-0.2, 0) is 14.8 Å². The molecule has 33 heavy (non-hydrogen) atoms. The number of amidine groups is 1. The van der Waals surface area contributed by atoms with Crippen molar-refractivity contribution in [2.75, 3.05) is 11.9 Å². The normalized spacial score (nSPS) is 18.5. The van der Waals surface area contributed by atoms with Crippen molar-refractivity contribution in [1.29, 1.82) is 0 Å². The molecule has 0 spiro atoms. The van der Waals surface area contributed by atoms with Crippen molar-refractivity contribution in [3.8, 4) is 5.75 Å². The van der Waals surface area contributed by atoms with E-state index in [4.69, 9.17) is 4.74 Å². The van der Waals surface area contributed by atoms with Gasteiger partial charge in [-0.2, -0.15) is 8.42 Å². The molecule has 1 atom stereocenters. The van der Waals surface area contributed by atoms with E-state index in [2.05, 4.69) is 9.71 Å². The van der Waals surface area contributed by atoms with Crippen LogP contribution in [0.3, 0.4) is 0 Å². The highest BCUT2D eigenvalue weighted by molar-refractivity contribution is 7.90. The number of anilines is 1. The van der Waals surface area contributed by atoms with E-state index < -0.39 is 22.0 Å². The lowest BCUT2D eigenvalue weighted by molar-refractivity contribution is -0.138. The lowest BCUT2D eigenvalue weighted by Gasteiger charge is -2.24. The molecular formula is C23H19N3O5S2. The fourth-order valence-electron chi connectivity index (χ4n) is 3.95. The van der Waals surface area contributed by atoms with Crippen molar-refractivity contribution in [1.82, 2.24) is 4.90 Å². The van der Waals surface area contributed by atoms with Gasteiger partial charge in [-0.3, -0.25) is 4.79 Å². The van der Waals surface area contributed by atoms with E-state index in [-0.39, 0.29) is 16.6 Å². The van der Waals surface area contributed by atoms with Gasteiger partial charge in [-0.1, -0.05) is 18.2 Å². The first-order valence-corrected chi connectivity index (χ1v) is 12.6. The summed E-state index contributed by atoms with van der Waals surface area (Å²) in [5.74, 6) is -0.0599. The van der Waals surface area contributed by atoms with Crippen LogP contribution in [0.15, 0.2) is 75.3 Å². The first kappa shape index (κ1) is 21.4. The number of rotatable bonds is 4. The highest BCUT2D eigenvalue weighted by atomic mass is 32.2. The Hall–Kier alpha value is -3.50. The summed E-state index contributed by atoms with van der Waals surface area (Å²) in [6.07, 6.45) is 1.25. The van der Waals surface area contributed by atoms with Crippen molar-refractivity contribution in [3.63, 3.8) is 0 Å². The minimum Gasteiger partial charge on any atom is -0.425 e. The Morgan fingerprint density at radius 1 is 1.06 bits per heavy atom. The molecule has 3 heterocycles. The summed E-state index contributed by atoms with van der Waals surface area (Å²) in [6.45, 7) is 0.510. The Bertz CT molecular complexity index is 1350. The molecular weight excluding hydrogens is 462 g/mol. The van der Waals surface area contributed by atoms with Crippen LogP contribution in [-0.4, -0.2) is 43.6 Å². The molecule has 2 aliphatic heterocycles. The van der Waals surface area contributed by atoms with E-state index in [9.17, 15) is 18.0 Å². The van der Waals surface area contributed by atoms with Crippen LogP contribution in [0.1, 0.15) is 28.1 Å². The Kier molecular flexibility index (Phi) is 5.47. The molecule has 168 valence electrons. The third-order valence-corrected chi connectivity index (χ3v) is 7.68. The number of likely N-dealkylation sites (tertiary alicyclic amines) is 1. The third kappa shape index (κ3) is 4.14. The van der Waals surface area contributed by atoms with Crippen LogP contribution < -0.4 is 10.1 Å². The molecule has 0 aliphatic carbocycles. The number of amides is 1. The second kappa shape index (κ2) is 8.45. The number of esters is 1. The first-order valence-electron chi connectivity index (χ1n) is 10.3. The van der Waals surface area contributed by atoms with Gasteiger partial charge >= 0.3 is 5.97 Å². The molecule has 0 bridgehead atoms. The van der Waals surface area contributed by atoms with E-state index >= 15 is 0 Å². The van der Waals surface area contributed by atoms with Crippen LogP contribution in [0.25, 0.3) is 0 Å². The molecule has 5 rings (SSSR count). The van der Waals surface area contributed by atoms with E-state index in [0.29, 0.717) is 41.3 Å². The van der Waals surface area contributed by atoms with Crippen molar-refractivity contribution in [2.45, 2.75) is 23.8 Å². The summed E-state index contributed by atoms with van der Waals surface area (Å²) in [7, 11) is -3.77.